The highest BCUT2D eigenvalue weighted by Gasteiger charge is 2.44. The predicted octanol–water partition coefficient (Wildman–Crippen LogP) is 0.0767. The molecule has 0 spiro atoms. The van der Waals surface area contributed by atoms with Gasteiger partial charge in [-0.1, -0.05) is 26.0 Å². The maximum absolute atomic E-state index is 12.4. The van der Waals surface area contributed by atoms with E-state index in [1.807, 2.05) is 20.8 Å². The third-order valence-electron chi connectivity index (χ3n) is 3.38. The fraction of sp³-hybridized carbons (Fsp3) is 0.692. The molecule has 1 aliphatic rings. The minimum Gasteiger partial charge on any atom is -0.343 e. The molecule has 1 aromatic rings. The van der Waals surface area contributed by atoms with E-state index in [9.17, 15) is 9.59 Å². The number of carbonyl (C=O) groups excluding carboxylic acids is 2. The highest BCUT2D eigenvalue weighted by molar-refractivity contribution is 5.97. The van der Waals surface area contributed by atoms with Crippen molar-refractivity contribution in [3.05, 3.63) is 11.9 Å². The molecule has 1 N–H and O–H groups in total. The molecular formula is C13H21N5O2. The van der Waals surface area contributed by atoms with Crippen LogP contribution in [0.25, 0.3) is 0 Å². The summed E-state index contributed by atoms with van der Waals surface area (Å²) < 4.78 is 1.58. The number of amides is 2. The van der Waals surface area contributed by atoms with Crippen LogP contribution in [0.1, 0.15) is 33.4 Å². The molecule has 7 heteroatoms. The van der Waals surface area contributed by atoms with Gasteiger partial charge in [0.15, 0.2) is 0 Å². The zero-order chi connectivity index (χ0) is 15.1. The van der Waals surface area contributed by atoms with E-state index in [2.05, 4.69) is 15.6 Å². The van der Waals surface area contributed by atoms with Crippen LogP contribution in [0.3, 0.4) is 0 Å². The van der Waals surface area contributed by atoms with Gasteiger partial charge < -0.3 is 10.2 Å². The predicted molar refractivity (Wildman–Crippen MR) is 72.4 cm³/mol. The highest BCUT2D eigenvalue weighted by Crippen LogP contribution is 2.28. The van der Waals surface area contributed by atoms with Gasteiger partial charge in [0.1, 0.15) is 17.8 Å². The van der Waals surface area contributed by atoms with Crippen molar-refractivity contribution in [2.75, 3.05) is 0 Å². The average Bonchev–Trinajstić information content (AvgIpc) is 2.69. The van der Waals surface area contributed by atoms with Gasteiger partial charge in [-0.3, -0.25) is 14.3 Å². The molecule has 0 saturated carbocycles. The number of carbonyl (C=O) groups is 2. The van der Waals surface area contributed by atoms with Crippen molar-refractivity contribution in [3.8, 4) is 0 Å². The van der Waals surface area contributed by atoms with Crippen LogP contribution in [-0.2, 0) is 23.2 Å². The average molecular weight is 279 g/mol. The van der Waals surface area contributed by atoms with Crippen molar-refractivity contribution in [2.24, 2.45) is 12.5 Å². The number of nitrogens with one attached hydrogen (secondary N) is 1. The van der Waals surface area contributed by atoms with Gasteiger partial charge in [0, 0.05) is 13.2 Å². The lowest BCUT2D eigenvalue weighted by atomic mass is 9.83. The number of hydrogen-bond acceptors (Lipinski definition) is 4. The molecule has 1 saturated heterocycles. The molecule has 7 nitrogen and oxygen atoms in total. The maximum atomic E-state index is 12.4. The second-order valence-electron chi connectivity index (χ2n) is 6.35. The Labute approximate surface area is 118 Å². The Balaban J connectivity index is 2.32. The summed E-state index contributed by atoms with van der Waals surface area (Å²) in [4.78, 5) is 26.3. The van der Waals surface area contributed by atoms with E-state index in [0.717, 1.165) is 0 Å². The number of aryl methyl sites for hydroxylation is 1. The molecule has 2 heterocycles. The van der Waals surface area contributed by atoms with E-state index in [0.29, 0.717) is 12.2 Å². The standard InChI is InChI=1S/C13H21N5O2/c1-8-12(20)18(7-9-6-17(5)16-15-9)10(11(19)14-8)13(2,3)4/h6,8,10H,7H2,1-5H3,(H,14,19). The van der Waals surface area contributed by atoms with E-state index in [-0.39, 0.29) is 17.2 Å². The van der Waals surface area contributed by atoms with E-state index in [1.165, 1.54) is 0 Å². The number of piperazine rings is 1. The first kappa shape index (κ1) is 14.5. The van der Waals surface area contributed by atoms with Crippen molar-refractivity contribution in [2.45, 2.75) is 46.3 Å². The summed E-state index contributed by atoms with van der Waals surface area (Å²) in [5.41, 5.74) is 0.333. The molecule has 0 bridgehead atoms. The van der Waals surface area contributed by atoms with Gasteiger partial charge in [-0.15, -0.1) is 5.10 Å². The van der Waals surface area contributed by atoms with Gasteiger partial charge in [0.25, 0.3) is 0 Å². The third-order valence-corrected chi connectivity index (χ3v) is 3.38. The second-order valence-corrected chi connectivity index (χ2v) is 6.35. The van der Waals surface area contributed by atoms with Crippen LogP contribution in [0, 0.1) is 5.41 Å². The molecule has 2 atom stereocenters. The normalized spacial score (nSPS) is 23.9. The number of nitrogens with zero attached hydrogens (tertiary/aromatic N) is 4. The Morgan fingerprint density at radius 1 is 1.35 bits per heavy atom. The van der Waals surface area contributed by atoms with Gasteiger partial charge in [0.05, 0.1) is 6.54 Å². The van der Waals surface area contributed by atoms with Crippen LogP contribution in [0.2, 0.25) is 0 Å². The largest absolute Gasteiger partial charge is 0.343 e. The van der Waals surface area contributed by atoms with Gasteiger partial charge in [-0.25, -0.2) is 0 Å². The van der Waals surface area contributed by atoms with Gasteiger partial charge in [-0.2, -0.15) is 0 Å². The van der Waals surface area contributed by atoms with E-state index in [4.69, 9.17) is 0 Å². The van der Waals surface area contributed by atoms with Crippen LogP contribution in [-0.4, -0.2) is 43.8 Å². The zero-order valence-electron chi connectivity index (χ0n) is 12.5. The van der Waals surface area contributed by atoms with E-state index >= 15 is 0 Å². The molecular weight excluding hydrogens is 258 g/mol. The Hall–Kier alpha value is -1.92. The Bertz CT molecular complexity index is 531. The molecule has 1 aliphatic heterocycles. The van der Waals surface area contributed by atoms with Crippen molar-refractivity contribution in [3.63, 3.8) is 0 Å². The Kier molecular flexibility index (Phi) is 3.54. The van der Waals surface area contributed by atoms with Gasteiger partial charge >= 0.3 is 0 Å². The SMILES string of the molecule is CC1NC(=O)C(C(C)(C)C)N(Cc2cn(C)nn2)C1=O. The molecule has 2 amide bonds. The lowest BCUT2D eigenvalue weighted by Gasteiger charge is -2.43. The van der Waals surface area contributed by atoms with Crippen LogP contribution >= 0.6 is 0 Å². The fourth-order valence-corrected chi connectivity index (χ4v) is 2.54. The van der Waals surface area contributed by atoms with Crippen LogP contribution < -0.4 is 5.32 Å². The van der Waals surface area contributed by atoms with Crippen LogP contribution in [0.5, 0.6) is 0 Å². The highest BCUT2D eigenvalue weighted by atomic mass is 16.2. The summed E-state index contributed by atoms with van der Waals surface area (Å²) in [6, 6.07) is -1.01. The van der Waals surface area contributed by atoms with Crippen molar-refractivity contribution >= 4 is 11.8 Å². The third kappa shape index (κ3) is 2.66. The molecule has 110 valence electrons. The lowest BCUT2D eigenvalue weighted by molar-refractivity contribution is -0.154. The summed E-state index contributed by atoms with van der Waals surface area (Å²) in [6.45, 7) is 7.84. The smallest absolute Gasteiger partial charge is 0.245 e. The monoisotopic (exact) mass is 279 g/mol. The Morgan fingerprint density at radius 3 is 2.50 bits per heavy atom. The molecule has 0 aromatic carbocycles. The lowest BCUT2D eigenvalue weighted by Crippen LogP contribution is -2.65. The van der Waals surface area contributed by atoms with Crippen molar-refractivity contribution in [1.29, 1.82) is 0 Å². The van der Waals surface area contributed by atoms with E-state index < -0.39 is 12.1 Å². The minimum atomic E-state index is -0.506. The molecule has 1 aromatic heterocycles. The first-order chi connectivity index (χ1) is 9.20. The first-order valence-corrected chi connectivity index (χ1v) is 6.66. The first-order valence-electron chi connectivity index (χ1n) is 6.66. The summed E-state index contributed by atoms with van der Waals surface area (Å²) in [5, 5.41) is 10.6. The molecule has 2 unspecified atom stereocenters. The topological polar surface area (TPSA) is 80.1 Å². The maximum Gasteiger partial charge on any atom is 0.245 e. The van der Waals surface area contributed by atoms with Gasteiger partial charge in [0.2, 0.25) is 11.8 Å². The molecule has 20 heavy (non-hydrogen) atoms. The molecule has 0 radical (unpaired) electrons. The summed E-state index contributed by atoms with van der Waals surface area (Å²) in [5.74, 6) is -0.205. The van der Waals surface area contributed by atoms with Crippen LogP contribution in [0.15, 0.2) is 6.20 Å². The zero-order valence-corrected chi connectivity index (χ0v) is 12.5. The van der Waals surface area contributed by atoms with Crippen LogP contribution in [0.4, 0.5) is 0 Å². The van der Waals surface area contributed by atoms with Gasteiger partial charge in [-0.05, 0) is 12.3 Å². The molecule has 1 fully saturated rings. The number of rotatable bonds is 2. The summed E-state index contributed by atoms with van der Waals surface area (Å²) in [7, 11) is 1.77. The van der Waals surface area contributed by atoms with Crippen molar-refractivity contribution in [1.82, 2.24) is 25.2 Å². The summed E-state index contributed by atoms with van der Waals surface area (Å²) in [6.07, 6.45) is 1.75. The molecule has 0 aliphatic carbocycles. The number of hydrogen-bond donors (Lipinski definition) is 1. The quantitative estimate of drug-likeness (QED) is 0.831. The minimum absolute atomic E-state index is 0.0878. The summed E-state index contributed by atoms with van der Waals surface area (Å²) >= 11 is 0. The Morgan fingerprint density at radius 2 is 2.00 bits per heavy atom. The number of aromatic nitrogens is 3. The second kappa shape index (κ2) is 4.88. The van der Waals surface area contributed by atoms with E-state index in [1.54, 1.807) is 29.7 Å². The fourth-order valence-electron chi connectivity index (χ4n) is 2.54. The van der Waals surface area contributed by atoms with Crippen molar-refractivity contribution < 1.29 is 9.59 Å². The molecule has 2 rings (SSSR count).